The molecule has 0 aliphatic heterocycles. The van der Waals surface area contributed by atoms with Gasteiger partial charge in [-0.3, -0.25) is 0 Å². The minimum Gasteiger partial charge on any atom is -0.303 e. The van der Waals surface area contributed by atoms with E-state index in [2.05, 4.69) is 67.0 Å². The second-order valence-electron chi connectivity index (χ2n) is 5.13. The van der Waals surface area contributed by atoms with Gasteiger partial charge in [-0.15, -0.1) is 0 Å². The van der Waals surface area contributed by atoms with Crippen molar-refractivity contribution in [3.8, 4) is 11.1 Å². The molecular weight excluding hydrogens is 250 g/mol. The van der Waals surface area contributed by atoms with Crippen molar-refractivity contribution in [3.05, 3.63) is 59.7 Å². The van der Waals surface area contributed by atoms with Crippen LogP contribution in [0.4, 0.5) is 0 Å². The van der Waals surface area contributed by atoms with E-state index in [4.69, 9.17) is 0 Å². The first-order chi connectivity index (χ1) is 9.31. The van der Waals surface area contributed by atoms with Gasteiger partial charge in [0.05, 0.1) is 6.04 Å². The first-order valence-corrected chi connectivity index (χ1v) is 8.14. The van der Waals surface area contributed by atoms with Crippen molar-refractivity contribution >= 4 is 11.8 Å². The van der Waals surface area contributed by atoms with Crippen LogP contribution in [0, 0.1) is 0 Å². The van der Waals surface area contributed by atoms with E-state index in [-0.39, 0.29) is 0 Å². The summed E-state index contributed by atoms with van der Waals surface area (Å²) in [6.07, 6.45) is 2.16. The Morgan fingerprint density at radius 3 is 2.05 bits per heavy atom. The summed E-state index contributed by atoms with van der Waals surface area (Å²) in [7, 11) is 0. The van der Waals surface area contributed by atoms with Crippen LogP contribution < -0.4 is 5.32 Å². The molecule has 0 radical (unpaired) electrons. The van der Waals surface area contributed by atoms with Crippen molar-refractivity contribution in [2.75, 3.05) is 12.0 Å². The van der Waals surface area contributed by atoms with Crippen molar-refractivity contribution in [3.63, 3.8) is 0 Å². The summed E-state index contributed by atoms with van der Waals surface area (Å²) >= 11 is 1.89. The van der Waals surface area contributed by atoms with Crippen molar-refractivity contribution in [2.24, 2.45) is 0 Å². The van der Waals surface area contributed by atoms with E-state index in [1.165, 1.54) is 22.3 Å². The highest BCUT2D eigenvalue weighted by atomic mass is 32.2. The van der Waals surface area contributed by atoms with Crippen LogP contribution >= 0.6 is 11.8 Å². The topological polar surface area (TPSA) is 12.0 Å². The molecule has 0 fully saturated rings. The number of thioether (sulfide) groups is 1. The Morgan fingerprint density at radius 2 is 1.53 bits per heavy atom. The Balaban J connectivity index is 2.00. The Morgan fingerprint density at radius 1 is 1.00 bits per heavy atom. The summed E-state index contributed by atoms with van der Waals surface area (Å²) in [6, 6.07) is 18.3. The molecule has 2 heteroatoms. The minimum absolute atomic E-state index is 0.342. The Hall–Kier alpha value is -1.25. The molecule has 1 aliphatic rings. The average molecular weight is 269 g/mol. The highest BCUT2D eigenvalue weighted by Gasteiger charge is 2.28. The number of hydrogen-bond donors (Lipinski definition) is 1. The number of benzene rings is 2. The molecule has 1 aliphatic carbocycles. The molecule has 3 rings (SSSR count). The van der Waals surface area contributed by atoms with E-state index in [0.717, 1.165) is 5.75 Å². The summed E-state index contributed by atoms with van der Waals surface area (Å²) in [5, 5.41) is 3.77. The maximum Gasteiger partial charge on any atom is 0.0591 e. The van der Waals surface area contributed by atoms with Crippen LogP contribution in [0.2, 0.25) is 0 Å². The largest absolute Gasteiger partial charge is 0.303 e. The second kappa shape index (κ2) is 5.40. The fourth-order valence-corrected chi connectivity index (χ4v) is 3.51. The van der Waals surface area contributed by atoms with Crippen LogP contribution in [-0.2, 0) is 0 Å². The lowest BCUT2D eigenvalue weighted by atomic mass is 10.0. The minimum atomic E-state index is 0.342. The third-order valence-corrected chi connectivity index (χ3v) is 4.53. The highest BCUT2D eigenvalue weighted by Crippen LogP contribution is 2.43. The van der Waals surface area contributed by atoms with E-state index >= 15 is 0 Å². The van der Waals surface area contributed by atoms with Gasteiger partial charge in [0.15, 0.2) is 0 Å². The number of rotatable bonds is 4. The monoisotopic (exact) mass is 269 g/mol. The van der Waals surface area contributed by atoms with E-state index < -0.39 is 0 Å². The van der Waals surface area contributed by atoms with Gasteiger partial charge in [0.25, 0.3) is 0 Å². The normalized spacial score (nSPS) is 15.1. The molecule has 1 atom stereocenters. The van der Waals surface area contributed by atoms with Crippen LogP contribution in [0.25, 0.3) is 11.1 Å². The fourth-order valence-electron chi connectivity index (χ4n) is 2.92. The molecule has 1 unspecified atom stereocenters. The van der Waals surface area contributed by atoms with Gasteiger partial charge in [-0.2, -0.15) is 11.8 Å². The fraction of sp³-hybridized carbons (Fsp3) is 0.294. The van der Waals surface area contributed by atoms with Crippen LogP contribution in [-0.4, -0.2) is 18.1 Å². The molecule has 1 N–H and O–H groups in total. The maximum absolute atomic E-state index is 3.77. The SMILES string of the molecule is CSCC(C)NC1c2ccccc2-c2ccccc21. The van der Waals surface area contributed by atoms with Gasteiger partial charge in [-0.05, 0) is 35.4 Å². The van der Waals surface area contributed by atoms with E-state index in [0.29, 0.717) is 12.1 Å². The number of nitrogens with one attached hydrogen (secondary N) is 1. The molecule has 2 aromatic rings. The zero-order chi connectivity index (χ0) is 13.2. The summed E-state index contributed by atoms with van der Waals surface area (Å²) in [6.45, 7) is 2.26. The van der Waals surface area contributed by atoms with Crippen LogP contribution in [0.1, 0.15) is 24.1 Å². The summed E-state index contributed by atoms with van der Waals surface area (Å²) < 4.78 is 0. The molecule has 19 heavy (non-hydrogen) atoms. The van der Waals surface area contributed by atoms with E-state index in [1.807, 2.05) is 11.8 Å². The molecule has 0 heterocycles. The van der Waals surface area contributed by atoms with Gasteiger partial charge in [0, 0.05) is 11.8 Å². The molecule has 0 saturated carbocycles. The molecule has 1 nitrogen and oxygen atoms in total. The summed E-state index contributed by atoms with van der Waals surface area (Å²) in [5.41, 5.74) is 5.59. The molecule has 0 bridgehead atoms. The molecule has 0 aromatic heterocycles. The maximum atomic E-state index is 3.77. The van der Waals surface area contributed by atoms with E-state index in [9.17, 15) is 0 Å². The van der Waals surface area contributed by atoms with Gasteiger partial charge in [-0.1, -0.05) is 48.5 Å². The van der Waals surface area contributed by atoms with Crippen LogP contribution in [0.15, 0.2) is 48.5 Å². The van der Waals surface area contributed by atoms with Crippen molar-refractivity contribution < 1.29 is 0 Å². The predicted molar refractivity (Wildman–Crippen MR) is 84.7 cm³/mol. The zero-order valence-corrected chi connectivity index (χ0v) is 12.2. The molecular formula is C17H19NS. The predicted octanol–water partition coefficient (Wildman–Crippen LogP) is 4.10. The third-order valence-electron chi connectivity index (χ3n) is 3.70. The van der Waals surface area contributed by atoms with Crippen molar-refractivity contribution in [1.82, 2.24) is 5.32 Å². The molecule has 2 aromatic carbocycles. The van der Waals surface area contributed by atoms with Gasteiger partial charge in [0.1, 0.15) is 0 Å². The standard InChI is InChI=1S/C17H19NS/c1-12(11-19-2)18-17-15-9-5-3-7-13(15)14-8-4-6-10-16(14)17/h3-10,12,17-18H,11H2,1-2H3. The summed E-state index contributed by atoms with van der Waals surface area (Å²) in [5.74, 6) is 1.14. The van der Waals surface area contributed by atoms with Crippen molar-refractivity contribution in [2.45, 2.75) is 19.0 Å². The van der Waals surface area contributed by atoms with Gasteiger partial charge >= 0.3 is 0 Å². The second-order valence-corrected chi connectivity index (χ2v) is 6.04. The molecule has 0 saturated heterocycles. The van der Waals surface area contributed by atoms with Crippen LogP contribution in [0.3, 0.4) is 0 Å². The highest BCUT2D eigenvalue weighted by molar-refractivity contribution is 7.98. The smallest absolute Gasteiger partial charge is 0.0591 e. The molecule has 0 amide bonds. The van der Waals surface area contributed by atoms with Gasteiger partial charge in [0.2, 0.25) is 0 Å². The quantitative estimate of drug-likeness (QED) is 0.897. The lowest BCUT2D eigenvalue weighted by Gasteiger charge is -2.21. The Kier molecular flexibility index (Phi) is 3.63. The summed E-state index contributed by atoms with van der Waals surface area (Å²) in [4.78, 5) is 0. The van der Waals surface area contributed by atoms with Crippen molar-refractivity contribution in [1.29, 1.82) is 0 Å². The molecule has 98 valence electrons. The lowest BCUT2D eigenvalue weighted by Crippen LogP contribution is -2.31. The van der Waals surface area contributed by atoms with E-state index in [1.54, 1.807) is 0 Å². The number of fused-ring (bicyclic) bond motifs is 3. The molecule has 0 spiro atoms. The first kappa shape index (κ1) is 12.8. The third kappa shape index (κ3) is 2.31. The first-order valence-electron chi connectivity index (χ1n) is 6.74. The Labute approximate surface area is 119 Å². The average Bonchev–Trinajstić information content (AvgIpc) is 2.75. The lowest BCUT2D eigenvalue weighted by molar-refractivity contribution is 0.541. The number of hydrogen-bond acceptors (Lipinski definition) is 2. The van der Waals surface area contributed by atoms with Gasteiger partial charge in [-0.25, -0.2) is 0 Å². The zero-order valence-electron chi connectivity index (χ0n) is 11.4. The van der Waals surface area contributed by atoms with Crippen LogP contribution in [0.5, 0.6) is 0 Å². The van der Waals surface area contributed by atoms with Gasteiger partial charge < -0.3 is 5.32 Å². The Bertz CT molecular complexity index is 533.